The largest absolute Gasteiger partial charge is 0.495 e. The van der Waals surface area contributed by atoms with E-state index in [2.05, 4.69) is 10.3 Å². The summed E-state index contributed by atoms with van der Waals surface area (Å²) >= 11 is 6.08. The van der Waals surface area contributed by atoms with E-state index in [1.807, 2.05) is 13.8 Å². The van der Waals surface area contributed by atoms with Crippen LogP contribution in [0.5, 0.6) is 5.75 Å². The van der Waals surface area contributed by atoms with Crippen LogP contribution in [0.25, 0.3) is 0 Å². The van der Waals surface area contributed by atoms with E-state index in [9.17, 15) is 9.59 Å². The molecule has 0 aliphatic rings. The molecule has 0 fully saturated rings. The molecule has 7 heteroatoms. The predicted molar refractivity (Wildman–Crippen MR) is 107 cm³/mol. The van der Waals surface area contributed by atoms with E-state index in [4.69, 9.17) is 16.3 Å². The van der Waals surface area contributed by atoms with Gasteiger partial charge >= 0.3 is 0 Å². The summed E-state index contributed by atoms with van der Waals surface area (Å²) in [5.41, 5.74) is 1.13. The summed E-state index contributed by atoms with van der Waals surface area (Å²) in [6, 6.07) is 8.08. The average molecular weight is 390 g/mol. The van der Waals surface area contributed by atoms with Crippen LogP contribution >= 0.6 is 11.6 Å². The third-order valence-corrected chi connectivity index (χ3v) is 4.22. The van der Waals surface area contributed by atoms with Crippen molar-refractivity contribution in [1.29, 1.82) is 0 Å². The van der Waals surface area contributed by atoms with Gasteiger partial charge in [0.15, 0.2) is 0 Å². The number of amides is 2. The molecule has 0 aliphatic carbocycles. The molecule has 0 radical (unpaired) electrons. The maximum Gasteiger partial charge on any atom is 0.274 e. The van der Waals surface area contributed by atoms with E-state index >= 15 is 0 Å². The monoisotopic (exact) mass is 389 g/mol. The molecule has 0 unspecified atom stereocenters. The van der Waals surface area contributed by atoms with E-state index in [-0.39, 0.29) is 11.6 Å². The predicted octanol–water partition coefficient (Wildman–Crippen LogP) is 4.26. The summed E-state index contributed by atoms with van der Waals surface area (Å²) in [6.45, 7) is 5.42. The van der Waals surface area contributed by atoms with Crippen LogP contribution in [0.2, 0.25) is 5.02 Å². The smallest absolute Gasteiger partial charge is 0.274 e. The van der Waals surface area contributed by atoms with Crippen LogP contribution in [0, 0.1) is 0 Å². The topological polar surface area (TPSA) is 71.5 Å². The van der Waals surface area contributed by atoms with Crippen molar-refractivity contribution in [1.82, 2.24) is 9.88 Å². The Hall–Kier alpha value is -2.60. The summed E-state index contributed by atoms with van der Waals surface area (Å²) < 4.78 is 5.09. The number of benzene rings is 1. The molecule has 1 aromatic carbocycles. The molecule has 0 saturated carbocycles. The lowest BCUT2D eigenvalue weighted by Crippen LogP contribution is -2.32. The highest BCUT2D eigenvalue weighted by Gasteiger charge is 2.17. The van der Waals surface area contributed by atoms with E-state index in [1.54, 1.807) is 29.2 Å². The van der Waals surface area contributed by atoms with Crippen molar-refractivity contribution in [3.05, 3.63) is 52.8 Å². The van der Waals surface area contributed by atoms with Crippen LogP contribution in [0.4, 0.5) is 5.69 Å². The van der Waals surface area contributed by atoms with Gasteiger partial charge in [0.25, 0.3) is 11.8 Å². The van der Waals surface area contributed by atoms with Gasteiger partial charge in [0.2, 0.25) is 0 Å². The Balaban J connectivity index is 2.17. The first kappa shape index (κ1) is 20.7. The second-order valence-electron chi connectivity index (χ2n) is 6.03. The van der Waals surface area contributed by atoms with Crippen molar-refractivity contribution >= 4 is 29.1 Å². The van der Waals surface area contributed by atoms with Gasteiger partial charge in [0.1, 0.15) is 11.4 Å². The van der Waals surface area contributed by atoms with Gasteiger partial charge in [-0.1, -0.05) is 25.4 Å². The van der Waals surface area contributed by atoms with Gasteiger partial charge in [-0.3, -0.25) is 14.6 Å². The number of carbonyl (C=O) groups excluding carboxylic acids is 2. The first-order valence-electron chi connectivity index (χ1n) is 8.90. The number of rotatable bonds is 8. The molecule has 0 bridgehead atoms. The Kier molecular flexibility index (Phi) is 7.61. The Morgan fingerprint density at radius 3 is 2.44 bits per heavy atom. The number of pyridine rings is 1. The second-order valence-corrected chi connectivity index (χ2v) is 6.43. The Morgan fingerprint density at radius 1 is 1.15 bits per heavy atom. The first-order chi connectivity index (χ1) is 13.0. The van der Waals surface area contributed by atoms with Crippen molar-refractivity contribution < 1.29 is 14.3 Å². The number of hydrogen-bond acceptors (Lipinski definition) is 4. The van der Waals surface area contributed by atoms with Crippen LogP contribution in [0.15, 0.2) is 36.5 Å². The second kappa shape index (κ2) is 9.92. The number of carbonyl (C=O) groups is 2. The molecule has 2 aromatic rings. The third kappa shape index (κ3) is 5.44. The Morgan fingerprint density at radius 2 is 1.85 bits per heavy atom. The van der Waals surface area contributed by atoms with E-state index in [0.717, 1.165) is 12.8 Å². The van der Waals surface area contributed by atoms with Crippen LogP contribution in [-0.4, -0.2) is 41.9 Å². The highest BCUT2D eigenvalue weighted by Crippen LogP contribution is 2.27. The highest BCUT2D eigenvalue weighted by molar-refractivity contribution is 6.32. The molecule has 144 valence electrons. The van der Waals surface area contributed by atoms with E-state index in [1.165, 1.54) is 19.4 Å². The fourth-order valence-electron chi connectivity index (χ4n) is 2.66. The van der Waals surface area contributed by atoms with Gasteiger partial charge < -0.3 is 15.0 Å². The minimum Gasteiger partial charge on any atom is -0.495 e. The van der Waals surface area contributed by atoms with Crippen molar-refractivity contribution in [2.45, 2.75) is 26.7 Å². The number of hydrogen-bond donors (Lipinski definition) is 1. The fourth-order valence-corrected chi connectivity index (χ4v) is 2.92. The molecule has 0 saturated heterocycles. The number of anilines is 1. The number of methoxy groups -OCH3 is 1. The molecule has 1 heterocycles. The molecule has 2 rings (SSSR count). The third-order valence-electron chi connectivity index (χ3n) is 3.92. The lowest BCUT2D eigenvalue weighted by molar-refractivity contribution is 0.0755. The van der Waals surface area contributed by atoms with Crippen LogP contribution < -0.4 is 10.1 Å². The van der Waals surface area contributed by atoms with E-state index in [0.29, 0.717) is 35.1 Å². The van der Waals surface area contributed by atoms with Crippen molar-refractivity contribution in [3.63, 3.8) is 0 Å². The van der Waals surface area contributed by atoms with Crippen molar-refractivity contribution in [3.8, 4) is 5.75 Å². The zero-order chi connectivity index (χ0) is 19.8. The molecule has 0 atom stereocenters. The number of ether oxygens (including phenoxy) is 1. The maximum absolute atomic E-state index is 12.7. The van der Waals surface area contributed by atoms with Crippen molar-refractivity contribution in [2.24, 2.45) is 0 Å². The number of nitrogens with zero attached hydrogens (tertiary/aromatic N) is 2. The molecule has 1 N–H and O–H groups in total. The minimum absolute atomic E-state index is 0.0948. The first-order valence-corrected chi connectivity index (χ1v) is 9.28. The normalized spacial score (nSPS) is 10.4. The molecular formula is C20H24ClN3O3. The number of aromatic nitrogens is 1. The summed E-state index contributed by atoms with van der Waals surface area (Å²) in [6.07, 6.45) is 3.23. The lowest BCUT2D eigenvalue weighted by Gasteiger charge is -2.21. The minimum atomic E-state index is -0.414. The van der Waals surface area contributed by atoms with Crippen molar-refractivity contribution in [2.75, 3.05) is 25.5 Å². The molecule has 6 nitrogen and oxygen atoms in total. The van der Waals surface area contributed by atoms with Gasteiger partial charge in [-0.05, 0) is 43.2 Å². The number of halogens is 1. The summed E-state index contributed by atoms with van der Waals surface area (Å²) in [4.78, 5) is 31.1. The molecule has 27 heavy (non-hydrogen) atoms. The molecule has 0 aliphatic heterocycles. The summed E-state index contributed by atoms with van der Waals surface area (Å²) in [5.74, 6) is 0.0124. The van der Waals surface area contributed by atoms with Gasteiger partial charge in [-0.2, -0.15) is 0 Å². The van der Waals surface area contributed by atoms with Gasteiger partial charge in [-0.15, -0.1) is 0 Å². The molecule has 0 spiro atoms. The lowest BCUT2D eigenvalue weighted by atomic mass is 10.1. The SMILES string of the molecule is CCCN(CCC)C(=O)c1ccnc(C(=O)Nc2ccc(OC)c(Cl)c2)c1. The quantitative estimate of drug-likeness (QED) is 0.732. The Labute approximate surface area is 164 Å². The summed E-state index contributed by atoms with van der Waals surface area (Å²) in [7, 11) is 1.52. The average Bonchev–Trinajstić information content (AvgIpc) is 2.67. The standard InChI is InChI=1S/C20H24ClN3O3/c1-4-10-24(11-5-2)20(26)14-8-9-22-17(12-14)19(25)23-15-6-7-18(27-3)16(21)13-15/h6-9,12-13H,4-5,10-11H2,1-3H3,(H,23,25). The maximum atomic E-state index is 12.7. The zero-order valence-corrected chi connectivity index (χ0v) is 16.5. The molecule has 2 amide bonds. The van der Waals surface area contributed by atoms with Gasteiger partial charge in [0.05, 0.1) is 12.1 Å². The van der Waals surface area contributed by atoms with Gasteiger partial charge in [-0.25, -0.2) is 0 Å². The van der Waals surface area contributed by atoms with Gasteiger partial charge in [0, 0.05) is 30.5 Å². The highest BCUT2D eigenvalue weighted by atomic mass is 35.5. The fraction of sp³-hybridized carbons (Fsp3) is 0.350. The Bertz CT molecular complexity index is 805. The van der Waals surface area contributed by atoms with E-state index < -0.39 is 5.91 Å². The van der Waals surface area contributed by atoms with Crippen LogP contribution in [0.3, 0.4) is 0 Å². The van der Waals surface area contributed by atoms with Crippen LogP contribution in [-0.2, 0) is 0 Å². The zero-order valence-electron chi connectivity index (χ0n) is 15.8. The van der Waals surface area contributed by atoms with Crippen LogP contribution in [0.1, 0.15) is 47.5 Å². The summed E-state index contributed by atoms with van der Waals surface area (Å²) in [5, 5.41) is 3.12. The molecular weight excluding hydrogens is 366 g/mol. The molecule has 1 aromatic heterocycles. The number of nitrogens with one attached hydrogen (secondary N) is 1.